The SMILES string of the molecule is COc1ccc(C(=O)C(N)C(=O)O)cc1Cl. The molecule has 1 atom stereocenters. The van der Waals surface area contributed by atoms with Crippen LogP contribution < -0.4 is 10.5 Å². The highest BCUT2D eigenvalue weighted by Crippen LogP contribution is 2.25. The number of ketones is 1. The van der Waals surface area contributed by atoms with E-state index in [4.69, 9.17) is 27.2 Å². The second-order valence-electron chi connectivity index (χ2n) is 3.03. The van der Waals surface area contributed by atoms with E-state index in [1.165, 1.54) is 25.3 Å². The van der Waals surface area contributed by atoms with Gasteiger partial charge < -0.3 is 15.6 Å². The van der Waals surface area contributed by atoms with Crippen molar-refractivity contribution in [3.63, 3.8) is 0 Å². The van der Waals surface area contributed by atoms with Gasteiger partial charge in [0.2, 0.25) is 0 Å². The maximum Gasteiger partial charge on any atom is 0.328 e. The molecule has 0 radical (unpaired) electrons. The fourth-order valence-corrected chi connectivity index (χ4v) is 1.37. The summed E-state index contributed by atoms with van der Waals surface area (Å²) in [6.45, 7) is 0. The lowest BCUT2D eigenvalue weighted by Crippen LogP contribution is -2.38. The predicted molar refractivity (Wildman–Crippen MR) is 57.9 cm³/mol. The van der Waals surface area contributed by atoms with E-state index >= 15 is 0 Å². The molecule has 86 valence electrons. The van der Waals surface area contributed by atoms with Crippen molar-refractivity contribution >= 4 is 23.4 Å². The number of nitrogens with two attached hydrogens (primary N) is 1. The molecule has 6 heteroatoms. The van der Waals surface area contributed by atoms with Crippen LogP contribution in [0.4, 0.5) is 0 Å². The first-order chi connectivity index (χ1) is 7.47. The van der Waals surface area contributed by atoms with Gasteiger partial charge in [0.15, 0.2) is 11.8 Å². The average Bonchev–Trinajstić information content (AvgIpc) is 2.26. The van der Waals surface area contributed by atoms with Crippen molar-refractivity contribution in [1.82, 2.24) is 0 Å². The number of carboxylic acids is 1. The van der Waals surface area contributed by atoms with Crippen molar-refractivity contribution in [3.8, 4) is 5.75 Å². The molecule has 0 fully saturated rings. The van der Waals surface area contributed by atoms with E-state index in [9.17, 15) is 9.59 Å². The van der Waals surface area contributed by atoms with Crippen molar-refractivity contribution in [2.75, 3.05) is 7.11 Å². The molecule has 1 aromatic carbocycles. The number of hydrogen-bond acceptors (Lipinski definition) is 4. The van der Waals surface area contributed by atoms with Crippen LogP contribution in [0, 0.1) is 0 Å². The molecular formula is C10H10ClNO4. The molecule has 0 saturated carbocycles. The maximum atomic E-state index is 11.5. The van der Waals surface area contributed by atoms with Crippen LogP contribution in [-0.4, -0.2) is 30.0 Å². The summed E-state index contributed by atoms with van der Waals surface area (Å²) in [6.07, 6.45) is 0. The summed E-state index contributed by atoms with van der Waals surface area (Å²) in [5.74, 6) is -1.67. The molecule has 0 bridgehead atoms. The average molecular weight is 244 g/mol. The van der Waals surface area contributed by atoms with Gasteiger partial charge in [-0.3, -0.25) is 9.59 Å². The normalized spacial score (nSPS) is 11.9. The molecule has 1 rings (SSSR count). The fraction of sp³-hybridized carbons (Fsp3) is 0.200. The van der Waals surface area contributed by atoms with Crippen LogP contribution in [0.25, 0.3) is 0 Å². The molecule has 16 heavy (non-hydrogen) atoms. The molecule has 0 spiro atoms. The number of aliphatic carboxylic acids is 1. The monoisotopic (exact) mass is 243 g/mol. The van der Waals surface area contributed by atoms with Gasteiger partial charge in [0.05, 0.1) is 12.1 Å². The molecule has 0 aliphatic heterocycles. The van der Waals surface area contributed by atoms with Gasteiger partial charge in [-0.15, -0.1) is 0 Å². The van der Waals surface area contributed by atoms with Crippen LogP contribution in [0.3, 0.4) is 0 Å². The Morgan fingerprint density at radius 1 is 1.50 bits per heavy atom. The van der Waals surface area contributed by atoms with Gasteiger partial charge in [-0.05, 0) is 18.2 Å². The van der Waals surface area contributed by atoms with E-state index in [-0.39, 0.29) is 10.6 Å². The van der Waals surface area contributed by atoms with E-state index in [2.05, 4.69) is 0 Å². The van der Waals surface area contributed by atoms with Gasteiger partial charge in [0.25, 0.3) is 0 Å². The first-order valence-electron chi connectivity index (χ1n) is 4.33. The molecule has 1 aromatic rings. The third-order valence-electron chi connectivity index (χ3n) is 1.98. The van der Waals surface area contributed by atoms with Gasteiger partial charge in [-0.2, -0.15) is 0 Å². The zero-order valence-electron chi connectivity index (χ0n) is 8.44. The fourth-order valence-electron chi connectivity index (χ4n) is 1.11. The van der Waals surface area contributed by atoms with E-state index in [1.54, 1.807) is 0 Å². The van der Waals surface area contributed by atoms with E-state index in [0.29, 0.717) is 5.75 Å². The number of ether oxygens (including phenoxy) is 1. The Morgan fingerprint density at radius 2 is 2.12 bits per heavy atom. The first kappa shape index (κ1) is 12.5. The minimum atomic E-state index is -1.58. The Bertz CT molecular complexity index is 433. The third-order valence-corrected chi connectivity index (χ3v) is 2.28. The lowest BCUT2D eigenvalue weighted by Gasteiger charge is -2.07. The number of carbonyl (C=O) groups excluding carboxylic acids is 1. The molecule has 0 aliphatic rings. The number of Topliss-reactive ketones (excluding diaryl/α,β-unsaturated/α-hetero) is 1. The number of hydrogen-bond donors (Lipinski definition) is 2. The minimum Gasteiger partial charge on any atom is -0.495 e. The highest BCUT2D eigenvalue weighted by atomic mass is 35.5. The van der Waals surface area contributed by atoms with Gasteiger partial charge >= 0.3 is 5.97 Å². The third kappa shape index (κ3) is 2.50. The number of carbonyl (C=O) groups is 2. The molecule has 0 amide bonds. The lowest BCUT2D eigenvalue weighted by atomic mass is 10.1. The summed E-state index contributed by atoms with van der Waals surface area (Å²) < 4.78 is 4.90. The first-order valence-corrected chi connectivity index (χ1v) is 4.71. The van der Waals surface area contributed by atoms with Crippen LogP contribution in [0.15, 0.2) is 18.2 Å². The second kappa shape index (κ2) is 4.96. The van der Waals surface area contributed by atoms with Crippen LogP contribution in [0.2, 0.25) is 5.02 Å². The van der Waals surface area contributed by atoms with Crippen molar-refractivity contribution in [3.05, 3.63) is 28.8 Å². The van der Waals surface area contributed by atoms with E-state index < -0.39 is 17.8 Å². The molecule has 3 N–H and O–H groups in total. The van der Waals surface area contributed by atoms with Crippen molar-refractivity contribution < 1.29 is 19.4 Å². The summed E-state index contributed by atoms with van der Waals surface area (Å²) in [4.78, 5) is 22.1. The molecule has 0 aliphatic carbocycles. The number of methoxy groups -OCH3 is 1. The summed E-state index contributed by atoms with van der Waals surface area (Å²) in [5.41, 5.74) is 5.33. The van der Waals surface area contributed by atoms with Crippen LogP contribution >= 0.6 is 11.6 Å². The van der Waals surface area contributed by atoms with E-state index in [0.717, 1.165) is 0 Å². The van der Waals surface area contributed by atoms with Gasteiger partial charge in [-0.1, -0.05) is 11.6 Å². The second-order valence-corrected chi connectivity index (χ2v) is 3.44. The molecule has 0 aromatic heterocycles. The number of benzene rings is 1. The number of carboxylic acid groups (broad SMARTS) is 1. The zero-order chi connectivity index (χ0) is 12.3. The Hall–Kier alpha value is -1.59. The van der Waals surface area contributed by atoms with Gasteiger partial charge in [0, 0.05) is 5.56 Å². The van der Waals surface area contributed by atoms with Gasteiger partial charge in [0.1, 0.15) is 5.75 Å². The molecular weight excluding hydrogens is 234 g/mol. The Labute approximate surface area is 96.8 Å². The molecule has 5 nitrogen and oxygen atoms in total. The topological polar surface area (TPSA) is 89.6 Å². The standard InChI is InChI=1S/C10H10ClNO4/c1-16-7-3-2-5(4-6(7)11)9(13)8(12)10(14)15/h2-4,8H,12H2,1H3,(H,14,15). The molecule has 1 unspecified atom stereocenters. The summed E-state index contributed by atoms with van der Waals surface area (Å²) in [6, 6.07) is 2.63. The zero-order valence-corrected chi connectivity index (χ0v) is 9.19. The largest absolute Gasteiger partial charge is 0.495 e. The molecule has 0 saturated heterocycles. The Kier molecular flexibility index (Phi) is 3.87. The van der Waals surface area contributed by atoms with Crippen LogP contribution in [0.1, 0.15) is 10.4 Å². The Balaban J connectivity index is 3.02. The summed E-state index contributed by atoms with van der Waals surface area (Å²) in [5, 5.41) is 8.81. The predicted octanol–water partition coefficient (Wildman–Crippen LogP) is 0.943. The molecule has 0 heterocycles. The van der Waals surface area contributed by atoms with Crippen molar-refractivity contribution in [1.29, 1.82) is 0 Å². The summed E-state index contributed by atoms with van der Waals surface area (Å²) in [7, 11) is 1.44. The van der Waals surface area contributed by atoms with Crippen molar-refractivity contribution in [2.24, 2.45) is 5.73 Å². The lowest BCUT2D eigenvalue weighted by molar-refractivity contribution is -0.137. The quantitative estimate of drug-likeness (QED) is 0.607. The van der Waals surface area contributed by atoms with Gasteiger partial charge in [-0.25, -0.2) is 0 Å². The smallest absolute Gasteiger partial charge is 0.328 e. The minimum absolute atomic E-state index is 0.140. The maximum absolute atomic E-state index is 11.5. The van der Waals surface area contributed by atoms with Crippen LogP contribution in [-0.2, 0) is 4.79 Å². The van der Waals surface area contributed by atoms with Crippen molar-refractivity contribution in [2.45, 2.75) is 6.04 Å². The Morgan fingerprint density at radius 3 is 2.56 bits per heavy atom. The highest BCUT2D eigenvalue weighted by molar-refractivity contribution is 6.32. The number of rotatable bonds is 4. The summed E-state index contributed by atoms with van der Waals surface area (Å²) >= 11 is 5.79. The van der Waals surface area contributed by atoms with Crippen LogP contribution in [0.5, 0.6) is 5.75 Å². The number of halogens is 1. The van der Waals surface area contributed by atoms with E-state index in [1.807, 2.05) is 0 Å². The highest BCUT2D eigenvalue weighted by Gasteiger charge is 2.23.